The van der Waals surface area contributed by atoms with Gasteiger partial charge in [0.25, 0.3) is 0 Å². The van der Waals surface area contributed by atoms with Crippen molar-refractivity contribution >= 4 is 11.7 Å². The maximum atomic E-state index is 11.5. The molecule has 0 saturated carbocycles. The highest BCUT2D eigenvalue weighted by Crippen LogP contribution is 2.19. The number of anilines is 1. The van der Waals surface area contributed by atoms with Gasteiger partial charge in [-0.1, -0.05) is 19.1 Å². The van der Waals surface area contributed by atoms with E-state index in [1.165, 1.54) is 12.7 Å². The van der Waals surface area contributed by atoms with Crippen LogP contribution >= 0.6 is 0 Å². The molecule has 0 saturated heterocycles. The van der Waals surface area contributed by atoms with Crippen LogP contribution in [0.5, 0.6) is 0 Å². The monoisotopic (exact) mass is 235 g/mol. The second kappa shape index (κ2) is 5.71. The van der Waals surface area contributed by atoms with Gasteiger partial charge in [-0.2, -0.15) is 0 Å². The van der Waals surface area contributed by atoms with E-state index < -0.39 is 5.41 Å². The van der Waals surface area contributed by atoms with Gasteiger partial charge >= 0.3 is 5.97 Å². The zero-order chi connectivity index (χ0) is 12.9. The molecular weight excluding hydrogens is 214 g/mol. The summed E-state index contributed by atoms with van der Waals surface area (Å²) in [7, 11) is 1.42. The largest absolute Gasteiger partial charge is 0.469 e. The normalized spacial score (nSPS) is 11.1. The first-order valence-electron chi connectivity index (χ1n) is 5.91. The molecule has 0 amide bonds. The second-order valence-electron chi connectivity index (χ2n) is 4.78. The van der Waals surface area contributed by atoms with E-state index in [0.29, 0.717) is 6.54 Å². The lowest BCUT2D eigenvalue weighted by molar-refractivity contribution is -0.149. The van der Waals surface area contributed by atoms with E-state index in [9.17, 15) is 4.79 Å². The van der Waals surface area contributed by atoms with Gasteiger partial charge in [-0.3, -0.25) is 4.79 Å². The van der Waals surface area contributed by atoms with Crippen molar-refractivity contribution in [3.8, 4) is 0 Å². The van der Waals surface area contributed by atoms with Crippen LogP contribution in [0.25, 0.3) is 0 Å². The summed E-state index contributed by atoms with van der Waals surface area (Å²) in [6.45, 7) is 6.42. The molecule has 0 aliphatic rings. The topological polar surface area (TPSA) is 38.3 Å². The van der Waals surface area contributed by atoms with Gasteiger partial charge < -0.3 is 10.1 Å². The van der Waals surface area contributed by atoms with Crippen LogP contribution in [0.1, 0.15) is 26.3 Å². The number of ether oxygens (including phenoxy) is 1. The standard InChI is InChI=1S/C14H21NO2/c1-5-11-6-8-12(9-7-11)15-10-14(2,3)13(16)17-4/h6-9,15H,5,10H2,1-4H3. The smallest absolute Gasteiger partial charge is 0.313 e. The van der Waals surface area contributed by atoms with Gasteiger partial charge in [-0.25, -0.2) is 0 Å². The molecule has 3 heteroatoms. The second-order valence-corrected chi connectivity index (χ2v) is 4.78. The van der Waals surface area contributed by atoms with Crippen LogP contribution in [0, 0.1) is 5.41 Å². The fourth-order valence-electron chi connectivity index (χ4n) is 1.53. The average Bonchev–Trinajstić information content (AvgIpc) is 2.36. The molecule has 0 fully saturated rings. The van der Waals surface area contributed by atoms with E-state index in [2.05, 4.69) is 24.4 Å². The van der Waals surface area contributed by atoms with Gasteiger partial charge in [0.1, 0.15) is 0 Å². The van der Waals surface area contributed by atoms with Crippen molar-refractivity contribution in [2.24, 2.45) is 5.41 Å². The molecule has 1 aromatic carbocycles. The summed E-state index contributed by atoms with van der Waals surface area (Å²) in [5.41, 5.74) is 1.82. The molecule has 0 aromatic heterocycles. The first kappa shape index (κ1) is 13.6. The van der Waals surface area contributed by atoms with Crippen molar-refractivity contribution in [2.75, 3.05) is 19.0 Å². The van der Waals surface area contributed by atoms with E-state index in [4.69, 9.17) is 4.74 Å². The Morgan fingerprint density at radius 2 is 1.88 bits per heavy atom. The molecule has 0 aliphatic heterocycles. The average molecular weight is 235 g/mol. The number of hydrogen-bond acceptors (Lipinski definition) is 3. The molecule has 0 aliphatic carbocycles. The summed E-state index contributed by atoms with van der Waals surface area (Å²) in [4.78, 5) is 11.5. The van der Waals surface area contributed by atoms with Crippen LogP contribution in [0.2, 0.25) is 0 Å². The van der Waals surface area contributed by atoms with Crippen LogP contribution in [-0.4, -0.2) is 19.6 Å². The fourth-order valence-corrected chi connectivity index (χ4v) is 1.53. The number of rotatable bonds is 5. The first-order chi connectivity index (χ1) is 7.99. The van der Waals surface area contributed by atoms with Gasteiger partial charge in [-0.15, -0.1) is 0 Å². The maximum Gasteiger partial charge on any atom is 0.313 e. The summed E-state index contributed by atoms with van der Waals surface area (Å²) in [6.07, 6.45) is 1.04. The fraction of sp³-hybridized carbons (Fsp3) is 0.500. The highest BCUT2D eigenvalue weighted by molar-refractivity contribution is 5.76. The predicted molar refractivity (Wildman–Crippen MR) is 70.1 cm³/mol. The third-order valence-electron chi connectivity index (χ3n) is 2.83. The summed E-state index contributed by atoms with van der Waals surface area (Å²) in [5.74, 6) is -0.199. The van der Waals surface area contributed by atoms with E-state index >= 15 is 0 Å². The lowest BCUT2D eigenvalue weighted by Crippen LogP contribution is -2.33. The van der Waals surface area contributed by atoms with Gasteiger partial charge in [-0.05, 0) is 38.0 Å². The summed E-state index contributed by atoms with van der Waals surface area (Å²) in [5, 5.41) is 3.25. The molecule has 17 heavy (non-hydrogen) atoms. The van der Waals surface area contributed by atoms with Gasteiger partial charge in [0.05, 0.1) is 12.5 Å². The third-order valence-corrected chi connectivity index (χ3v) is 2.83. The van der Waals surface area contributed by atoms with Crippen LogP contribution in [0.4, 0.5) is 5.69 Å². The number of esters is 1. The number of carbonyl (C=O) groups is 1. The van der Waals surface area contributed by atoms with Crippen molar-refractivity contribution in [1.82, 2.24) is 0 Å². The number of aryl methyl sites for hydroxylation is 1. The Hall–Kier alpha value is -1.51. The zero-order valence-corrected chi connectivity index (χ0v) is 11.0. The van der Waals surface area contributed by atoms with Crippen molar-refractivity contribution in [1.29, 1.82) is 0 Å². The molecule has 1 N–H and O–H groups in total. The molecular formula is C14H21NO2. The van der Waals surface area contributed by atoms with E-state index in [-0.39, 0.29) is 5.97 Å². The highest BCUT2D eigenvalue weighted by atomic mass is 16.5. The van der Waals surface area contributed by atoms with Crippen LogP contribution in [0.15, 0.2) is 24.3 Å². The molecule has 0 atom stereocenters. The lowest BCUT2D eigenvalue weighted by atomic mass is 9.93. The SMILES string of the molecule is CCc1ccc(NCC(C)(C)C(=O)OC)cc1. The summed E-state index contributed by atoms with van der Waals surface area (Å²) < 4.78 is 4.76. The Morgan fingerprint density at radius 3 is 2.35 bits per heavy atom. The number of benzene rings is 1. The quantitative estimate of drug-likeness (QED) is 0.797. The Labute approximate surface area is 103 Å². The first-order valence-corrected chi connectivity index (χ1v) is 5.91. The molecule has 0 heterocycles. The Bertz CT molecular complexity index is 368. The highest BCUT2D eigenvalue weighted by Gasteiger charge is 2.28. The number of carbonyl (C=O) groups excluding carboxylic acids is 1. The van der Waals surface area contributed by atoms with Crippen LogP contribution in [-0.2, 0) is 16.0 Å². The van der Waals surface area contributed by atoms with Crippen LogP contribution < -0.4 is 5.32 Å². The van der Waals surface area contributed by atoms with E-state index in [0.717, 1.165) is 12.1 Å². The molecule has 94 valence electrons. The minimum Gasteiger partial charge on any atom is -0.469 e. The van der Waals surface area contributed by atoms with Crippen molar-refractivity contribution < 1.29 is 9.53 Å². The minimum atomic E-state index is -0.516. The third kappa shape index (κ3) is 3.77. The molecule has 0 unspecified atom stereocenters. The van der Waals surface area contributed by atoms with Gasteiger partial charge in [0, 0.05) is 12.2 Å². The summed E-state index contributed by atoms with van der Waals surface area (Å²) in [6, 6.07) is 8.25. The predicted octanol–water partition coefficient (Wildman–Crippen LogP) is 2.86. The van der Waals surface area contributed by atoms with Crippen molar-refractivity contribution in [2.45, 2.75) is 27.2 Å². The molecule has 0 radical (unpaired) electrons. The van der Waals surface area contributed by atoms with Crippen LogP contribution in [0.3, 0.4) is 0 Å². The van der Waals surface area contributed by atoms with E-state index in [1.54, 1.807) is 0 Å². The molecule has 3 nitrogen and oxygen atoms in total. The van der Waals surface area contributed by atoms with E-state index in [1.807, 2.05) is 26.0 Å². The Kier molecular flexibility index (Phi) is 4.55. The van der Waals surface area contributed by atoms with Gasteiger partial charge in [0.2, 0.25) is 0 Å². The Morgan fingerprint density at radius 1 is 1.29 bits per heavy atom. The Balaban J connectivity index is 2.57. The molecule has 1 aromatic rings. The number of nitrogens with one attached hydrogen (secondary N) is 1. The number of hydrogen-bond donors (Lipinski definition) is 1. The molecule has 0 spiro atoms. The molecule has 1 rings (SSSR count). The maximum absolute atomic E-state index is 11.5. The van der Waals surface area contributed by atoms with Gasteiger partial charge in [0.15, 0.2) is 0 Å². The minimum absolute atomic E-state index is 0.199. The summed E-state index contributed by atoms with van der Waals surface area (Å²) >= 11 is 0. The zero-order valence-electron chi connectivity index (χ0n) is 11.0. The molecule has 0 bridgehead atoms. The number of methoxy groups -OCH3 is 1. The van der Waals surface area contributed by atoms with Crippen molar-refractivity contribution in [3.63, 3.8) is 0 Å². The van der Waals surface area contributed by atoms with Crippen molar-refractivity contribution in [3.05, 3.63) is 29.8 Å². The lowest BCUT2D eigenvalue weighted by Gasteiger charge is -2.22.